The lowest BCUT2D eigenvalue weighted by atomic mass is 9.64. The lowest BCUT2D eigenvalue weighted by Crippen LogP contribution is -2.42. The average Bonchev–Trinajstić information content (AvgIpc) is 4.10. The quantitative estimate of drug-likeness (QED) is 0.124. The first-order valence-electron chi connectivity index (χ1n) is 20.4. The Morgan fingerprint density at radius 1 is 0.633 bits per heavy atom. The molecule has 60 heavy (non-hydrogen) atoms. The van der Waals surface area contributed by atoms with Crippen LogP contribution in [-0.4, -0.2) is 16.7 Å². The number of hydrogen-bond donors (Lipinski definition) is 0. The summed E-state index contributed by atoms with van der Waals surface area (Å²) < 4.78 is 44.4. The van der Waals surface area contributed by atoms with E-state index >= 15 is 4.57 Å². The zero-order valence-corrected chi connectivity index (χ0v) is 34.3. The third kappa shape index (κ3) is 5.35. The van der Waals surface area contributed by atoms with Crippen molar-refractivity contribution in [3.8, 4) is 11.3 Å². The summed E-state index contributed by atoms with van der Waals surface area (Å²) in [6.07, 6.45) is 3.14. The summed E-state index contributed by atoms with van der Waals surface area (Å²) in [5.41, 5.74) is 12.9. The normalized spacial score (nSPS) is 18.1. The molecule has 0 spiro atoms. The Bertz CT molecular complexity index is 3200. The first-order chi connectivity index (χ1) is 29.2. The molecule has 2 atom stereocenters. The predicted octanol–water partition coefficient (Wildman–Crippen LogP) is 11.9. The summed E-state index contributed by atoms with van der Waals surface area (Å²) in [6, 6.07) is 49.0. The molecule has 8 aromatic rings. The van der Waals surface area contributed by atoms with E-state index in [1.54, 1.807) is 0 Å². The van der Waals surface area contributed by atoms with Gasteiger partial charge in [-0.2, -0.15) is 0 Å². The van der Waals surface area contributed by atoms with Gasteiger partial charge in [0, 0.05) is 48.8 Å². The smallest absolute Gasteiger partial charge is 0.171 e. The molecule has 0 bridgehead atoms. The van der Waals surface area contributed by atoms with E-state index in [2.05, 4.69) is 45.0 Å². The molecule has 0 radical (unpaired) electrons. The minimum Gasteiger partial charge on any atom is -0.309 e. The number of hydrogen-bond acceptors (Lipinski definition) is 3. The highest BCUT2D eigenvalue weighted by Crippen LogP contribution is 2.62. The molecule has 2 aliphatic carbocycles. The van der Waals surface area contributed by atoms with Crippen LogP contribution in [0.4, 0.5) is 8.78 Å². The van der Waals surface area contributed by atoms with Gasteiger partial charge < -0.3 is 4.57 Å². The third-order valence-electron chi connectivity index (χ3n) is 13.1. The van der Waals surface area contributed by atoms with Crippen LogP contribution in [0.2, 0.25) is 0 Å². The Morgan fingerprint density at radius 3 is 1.90 bits per heavy atom. The molecular weight excluding hydrogens is 762 g/mol. The van der Waals surface area contributed by atoms with Crippen molar-refractivity contribution < 1.29 is 13.3 Å². The van der Waals surface area contributed by atoms with E-state index in [1.807, 2.05) is 115 Å². The maximum atomic E-state index is 15.5. The number of aryl methyl sites for hydroxylation is 2. The van der Waals surface area contributed by atoms with E-state index in [-0.39, 0.29) is 17.7 Å². The van der Waals surface area contributed by atoms with Crippen LogP contribution in [0.25, 0.3) is 38.5 Å². The minimum atomic E-state index is -3.22. The Kier molecular flexibility index (Phi) is 8.21. The van der Waals surface area contributed by atoms with Crippen molar-refractivity contribution in [1.82, 2.24) is 4.98 Å². The number of allylic oxidation sites excluding steroid dienone is 2. The number of aliphatic imine (C=N–C) groups is 1. The molecule has 1 aromatic heterocycles. The minimum absolute atomic E-state index is 0.293. The number of rotatable bonds is 6. The molecule has 2 unspecified atom stereocenters. The van der Waals surface area contributed by atoms with Crippen molar-refractivity contribution in [2.24, 2.45) is 4.99 Å². The Balaban J connectivity index is 1.16. The van der Waals surface area contributed by atoms with Gasteiger partial charge in [0.2, 0.25) is 0 Å². The molecule has 11 rings (SSSR count). The van der Waals surface area contributed by atoms with Crippen molar-refractivity contribution in [2.45, 2.75) is 38.6 Å². The Morgan fingerprint density at radius 2 is 1.23 bits per heavy atom. The number of nitrogens with zero attached hydrogens (tertiary/aromatic N) is 2. The molecule has 1 aliphatic heterocycles. The van der Waals surface area contributed by atoms with Crippen molar-refractivity contribution >= 4 is 56.0 Å². The van der Waals surface area contributed by atoms with E-state index in [4.69, 9.17) is 9.98 Å². The molecule has 0 N–H and O–H groups in total. The Labute approximate surface area is 347 Å². The summed E-state index contributed by atoms with van der Waals surface area (Å²) >= 11 is 0. The molecule has 0 amide bonds. The first kappa shape index (κ1) is 36.5. The summed E-state index contributed by atoms with van der Waals surface area (Å²) in [5, 5.41) is 5.53. The second-order valence-corrected chi connectivity index (χ2v) is 19.2. The van der Waals surface area contributed by atoms with Gasteiger partial charge in [-0.1, -0.05) is 103 Å². The van der Waals surface area contributed by atoms with E-state index in [9.17, 15) is 8.78 Å². The average molecular weight is 801 g/mol. The molecule has 290 valence electrons. The predicted molar refractivity (Wildman–Crippen MR) is 243 cm³/mol. The molecule has 6 heteroatoms. The van der Waals surface area contributed by atoms with E-state index in [0.717, 1.165) is 94.4 Å². The van der Waals surface area contributed by atoms with Crippen molar-refractivity contribution in [3.63, 3.8) is 0 Å². The van der Waals surface area contributed by atoms with Crippen LogP contribution in [0.3, 0.4) is 0 Å². The highest BCUT2D eigenvalue weighted by Gasteiger charge is 2.54. The van der Waals surface area contributed by atoms with Crippen LogP contribution < -0.4 is 15.9 Å². The largest absolute Gasteiger partial charge is 0.309 e. The van der Waals surface area contributed by atoms with Crippen LogP contribution in [0.5, 0.6) is 0 Å². The Hall–Kier alpha value is -6.55. The van der Waals surface area contributed by atoms with Crippen molar-refractivity contribution in [1.29, 1.82) is 0 Å². The fourth-order valence-electron chi connectivity index (χ4n) is 10.2. The van der Waals surface area contributed by atoms with Gasteiger partial charge in [-0.15, -0.1) is 0 Å². The van der Waals surface area contributed by atoms with E-state index < -0.39 is 12.6 Å². The van der Waals surface area contributed by atoms with Crippen LogP contribution in [0, 0.1) is 25.5 Å². The fraction of sp³-hybridized carbons (Fsp3) is 0.111. The van der Waals surface area contributed by atoms with Crippen LogP contribution in [0.1, 0.15) is 46.7 Å². The molecule has 0 saturated carbocycles. The standard InChI is InChI=1S/C54H39F2N2OP/c1-32-48-42-19-10-11-20-46(42)57-52(34-21-25-37(55)26-22-34)49(48)33(2)51-50(32)53(35-23-27-38(56)28-24-35)58-47-31-43(44-30-45(44)54(47,51)3)36-13-12-18-41(29-36)60(59,39-14-6-4-7-15-39)40-16-8-5-9-17-40/h4-29,31,47H,30H2,1-3H3. The summed E-state index contributed by atoms with van der Waals surface area (Å²) in [4.78, 5) is 11.0. The summed E-state index contributed by atoms with van der Waals surface area (Å²) in [6.45, 7) is 6.71. The number of para-hydroxylation sites is 1. The van der Waals surface area contributed by atoms with Crippen molar-refractivity contribution in [3.05, 3.63) is 220 Å². The summed E-state index contributed by atoms with van der Waals surface area (Å²) in [7, 11) is -3.22. The lowest BCUT2D eigenvalue weighted by Gasteiger charge is -2.43. The molecule has 2 heterocycles. The highest BCUT2D eigenvalue weighted by molar-refractivity contribution is 7.85. The molecular formula is C54H39F2N2OP. The van der Waals surface area contributed by atoms with E-state index in [1.165, 1.54) is 41.0 Å². The van der Waals surface area contributed by atoms with Gasteiger partial charge in [-0.3, -0.25) is 4.99 Å². The van der Waals surface area contributed by atoms with Gasteiger partial charge in [-0.25, -0.2) is 13.8 Å². The molecule has 3 nitrogen and oxygen atoms in total. The second kappa shape index (κ2) is 13.5. The number of benzene rings is 7. The van der Waals surface area contributed by atoms with Crippen LogP contribution in [0.15, 0.2) is 180 Å². The van der Waals surface area contributed by atoms with Gasteiger partial charge in [0.25, 0.3) is 0 Å². The maximum absolute atomic E-state index is 15.5. The maximum Gasteiger partial charge on any atom is 0.171 e. The monoisotopic (exact) mass is 800 g/mol. The molecule has 0 fully saturated rings. The third-order valence-corrected chi connectivity index (χ3v) is 16.2. The zero-order valence-electron chi connectivity index (χ0n) is 33.4. The fourth-order valence-corrected chi connectivity index (χ4v) is 12.9. The van der Waals surface area contributed by atoms with Crippen LogP contribution >= 0.6 is 7.14 Å². The van der Waals surface area contributed by atoms with Crippen molar-refractivity contribution in [2.75, 3.05) is 0 Å². The number of aromatic nitrogens is 1. The SMILES string of the molecule is Cc1c2c(c(C)c3c1c(-c1ccc(F)cc1)nc1ccccc13)C(c1ccc(F)cc1)=NC1C=C(c3cccc(P(=O)(c4ccccc4)c4ccccc4)c3)C3=C(C3)C21C. The zero-order chi connectivity index (χ0) is 40.9. The second-order valence-electron chi connectivity index (χ2n) is 16.4. The molecule has 3 aliphatic rings. The highest BCUT2D eigenvalue weighted by atomic mass is 31.2. The number of halogens is 2. The first-order valence-corrected chi connectivity index (χ1v) is 22.1. The van der Waals surface area contributed by atoms with Crippen LogP contribution in [-0.2, 0) is 9.98 Å². The molecule has 0 saturated heterocycles. The van der Waals surface area contributed by atoms with Gasteiger partial charge in [0.15, 0.2) is 7.14 Å². The van der Waals surface area contributed by atoms with Gasteiger partial charge >= 0.3 is 0 Å². The number of fused-ring (bicyclic) bond motifs is 7. The molecule has 7 aromatic carbocycles. The van der Waals surface area contributed by atoms with Gasteiger partial charge in [0.05, 0.1) is 23.0 Å². The number of pyridine rings is 1. The van der Waals surface area contributed by atoms with Gasteiger partial charge in [-0.05, 0) is 132 Å². The van der Waals surface area contributed by atoms with Gasteiger partial charge in [0.1, 0.15) is 11.6 Å². The summed E-state index contributed by atoms with van der Waals surface area (Å²) in [5.74, 6) is -0.598. The van der Waals surface area contributed by atoms with E-state index in [0.29, 0.717) is 0 Å². The topological polar surface area (TPSA) is 42.3 Å². The lowest BCUT2D eigenvalue weighted by molar-refractivity contribution is 0.496.